The molecule has 0 unspecified atom stereocenters. The number of carbonyl (C=O) groups is 2. The van der Waals surface area contributed by atoms with E-state index in [9.17, 15) is 9.59 Å². The third-order valence-electron chi connectivity index (χ3n) is 3.83. The first-order valence-corrected chi connectivity index (χ1v) is 7.04. The monoisotopic (exact) mass is 288 g/mol. The fourth-order valence-electron chi connectivity index (χ4n) is 2.28. The molecule has 5 heteroatoms. The van der Waals surface area contributed by atoms with Gasteiger partial charge in [-0.15, -0.1) is 0 Å². The van der Waals surface area contributed by atoms with E-state index in [2.05, 4.69) is 18.8 Å². The molecule has 1 fully saturated rings. The summed E-state index contributed by atoms with van der Waals surface area (Å²) in [5.74, 6) is -1.06. The van der Waals surface area contributed by atoms with Crippen LogP contribution in [-0.2, 0) is 4.79 Å². The average molecular weight is 288 g/mol. The van der Waals surface area contributed by atoms with Crippen LogP contribution in [0, 0.1) is 5.41 Å². The zero-order chi connectivity index (χ0) is 15.5. The second-order valence-corrected chi connectivity index (χ2v) is 6.10. The lowest BCUT2D eigenvalue weighted by atomic mass is 9.82. The number of pyridine rings is 1. The van der Waals surface area contributed by atoms with E-state index in [1.54, 1.807) is 12.1 Å². The molecule has 21 heavy (non-hydrogen) atoms. The van der Waals surface area contributed by atoms with Crippen molar-refractivity contribution in [2.24, 2.45) is 5.41 Å². The van der Waals surface area contributed by atoms with E-state index < -0.39 is 5.97 Å². The van der Waals surface area contributed by atoms with E-state index in [1.165, 1.54) is 12.3 Å². The van der Waals surface area contributed by atoms with Gasteiger partial charge in [0.1, 0.15) is 5.69 Å². The predicted molar refractivity (Wildman–Crippen MR) is 79.8 cm³/mol. The van der Waals surface area contributed by atoms with Crippen LogP contribution in [-0.4, -0.2) is 40.0 Å². The molecule has 1 aromatic heterocycles. The molecule has 1 saturated heterocycles. The second kappa shape index (κ2) is 6.08. The number of hydrogen-bond donors (Lipinski definition) is 1. The lowest BCUT2D eigenvalue weighted by molar-refractivity contribution is -0.131. The van der Waals surface area contributed by atoms with Crippen molar-refractivity contribution < 1.29 is 14.7 Å². The highest BCUT2D eigenvalue weighted by Crippen LogP contribution is 2.30. The van der Waals surface area contributed by atoms with Crippen molar-refractivity contribution in [2.75, 3.05) is 13.1 Å². The van der Waals surface area contributed by atoms with Gasteiger partial charge in [-0.3, -0.25) is 9.78 Å². The predicted octanol–water partition coefficient (Wildman–Crippen LogP) is 2.44. The third kappa shape index (κ3) is 4.15. The molecule has 112 valence electrons. The number of likely N-dealkylation sites (tertiary alicyclic amines) is 1. The normalized spacial score (nSPS) is 17.9. The smallest absolute Gasteiger partial charge is 0.328 e. The highest BCUT2D eigenvalue weighted by atomic mass is 16.4. The van der Waals surface area contributed by atoms with Gasteiger partial charge in [-0.1, -0.05) is 19.9 Å². The van der Waals surface area contributed by atoms with Crippen LogP contribution in [0.2, 0.25) is 0 Å². The Hall–Kier alpha value is -2.17. The molecular weight excluding hydrogens is 268 g/mol. The van der Waals surface area contributed by atoms with Crippen LogP contribution in [0.1, 0.15) is 42.7 Å². The molecule has 1 amide bonds. The van der Waals surface area contributed by atoms with Crippen molar-refractivity contribution in [3.05, 3.63) is 35.7 Å². The van der Waals surface area contributed by atoms with E-state index in [-0.39, 0.29) is 5.91 Å². The van der Waals surface area contributed by atoms with E-state index >= 15 is 0 Å². The van der Waals surface area contributed by atoms with Gasteiger partial charge in [0.15, 0.2) is 0 Å². The maximum atomic E-state index is 12.3. The van der Waals surface area contributed by atoms with Gasteiger partial charge >= 0.3 is 5.97 Å². The minimum atomic E-state index is -1.01. The molecule has 2 heterocycles. The van der Waals surface area contributed by atoms with Crippen molar-refractivity contribution in [1.82, 2.24) is 9.88 Å². The molecule has 0 atom stereocenters. The van der Waals surface area contributed by atoms with Gasteiger partial charge in [0.2, 0.25) is 0 Å². The molecule has 0 spiro atoms. The van der Waals surface area contributed by atoms with Gasteiger partial charge < -0.3 is 10.0 Å². The fraction of sp³-hybridized carbons (Fsp3) is 0.438. The average Bonchev–Trinajstić information content (AvgIpc) is 2.45. The van der Waals surface area contributed by atoms with E-state index in [0.717, 1.165) is 32.0 Å². The largest absolute Gasteiger partial charge is 0.478 e. The zero-order valence-electron chi connectivity index (χ0n) is 12.4. The van der Waals surface area contributed by atoms with Gasteiger partial charge in [-0.2, -0.15) is 0 Å². The SMILES string of the molecule is CC1(C)CCN(C(=O)c2ccc(C=CC(=O)O)cn2)CC1. The number of aliphatic carboxylic acids is 1. The van der Waals surface area contributed by atoms with Crippen LogP contribution in [0.5, 0.6) is 0 Å². The highest BCUT2D eigenvalue weighted by Gasteiger charge is 2.28. The molecule has 1 aromatic rings. The maximum Gasteiger partial charge on any atom is 0.328 e. The number of nitrogens with zero attached hydrogens (tertiary/aromatic N) is 2. The minimum absolute atomic E-state index is 0.0562. The standard InChI is InChI=1S/C16H20N2O3/c1-16(2)7-9-18(10-8-16)15(21)13-5-3-12(11-17-13)4-6-14(19)20/h3-6,11H,7-10H2,1-2H3,(H,19,20). The molecule has 1 aliphatic rings. The summed E-state index contributed by atoms with van der Waals surface area (Å²) in [4.78, 5) is 28.7. The molecule has 0 saturated carbocycles. The number of amides is 1. The van der Waals surface area contributed by atoms with Crippen LogP contribution < -0.4 is 0 Å². The van der Waals surface area contributed by atoms with Gasteiger partial charge in [-0.05, 0) is 36.0 Å². The van der Waals surface area contributed by atoms with Crippen LogP contribution in [0.15, 0.2) is 24.4 Å². The number of carbonyl (C=O) groups excluding carboxylic acids is 1. The van der Waals surface area contributed by atoms with Crippen molar-refractivity contribution in [2.45, 2.75) is 26.7 Å². The lowest BCUT2D eigenvalue weighted by Crippen LogP contribution is -2.41. The summed E-state index contributed by atoms with van der Waals surface area (Å²) in [7, 11) is 0. The Labute approximate surface area is 124 Å². The van der Waals surface area contributed by atoms with Crippen molar-refractivity contribution in [1.29, 1.82) is 0 Å². The number of carboxylic acids is 1. The number of carboxylic acid groups (broad SMARTS) is 1. The first-order chi connectivity index (χ1) is 9.87. The topological polar surface area (TPSA) is 70.5 Å². The van der Waals surface area contributed by atoms with E-state index in [0.29, 0.717) is 16.7 Å². The molecule has 5 nitrogen and oxygen atoms in total. The zero-order valence-corrected chi connectivity index (χ0v) is 12.4. The molecule has 1 aliphatic heterocycles. The Morgan fingerprint density at radius 3 is 2.48 bits per heavy atom. The van der Waals surface area contributed by atoms with Crippen LogP contribution in [0.25, 0.3) is 6.08 Å². The maximum absolute atomic E-state index is 12.3. The molecule has 0 aromatic carbocycles. The van der Waals surface area contributed by atoms with Gasteiger partial charge in [0.25, 0.3) is 5.91 Å². The Balaban J connectivity index is 2.02. The van der Waals surface area contributed by atoms with Gasteiger partial charge in [-0.25, -0.2) is 4.79 Å². The van der Waals surface area contributed by atoms with Crippen molar-refractivity contribution in [3.8, 4) is 0 Å². The van der Waals surface area contributed by atoms with Gasteiger partial charge in [0.05, 0.1) is 0 Å². The summed E-state index contributed by atoms with van der Waals surface area (Å²) >= 11 is 0. The minimum Gasteiger partial charge on any atom is -0.478 e. The number of hydrogen-bond acceptors (Lipinski definition) is 3. The highest BCUT2D eigenvalue weighted by molar-refractivity contribution is 5.92. The first-order valence-electron chi connectivity index (χ1n) is 7.04. The summed E-state index contributed by atoms with van der Waals surface area (Å²) in [6.45, 7) is 5.95. The van der Waals surface area contributed by atoms with Gasteiger partial charge in [0, 0.05) is 25.4 Å². The molecule has 1 N–H and O–H groups in total. The summed E-state index contributed by atoms with van der Waals surface area (Å²) < 4.78 is 0. The van der Waals surface area contributed by atoms with Crippen LogP contribution in [0.4, 0.5) is 0 Å². The van der Waals surface area contributed by atoms with Crippen molar-refractivity contribution >= 4 is 18.0 Å². The molecule has 0 bridgehead atoms. The summed E-state index contributed by atoms with van der Waals surface area (Å²) in [5, 5.41) is 8.56. The molecule has 2 rings (SSSR count). The molecule has 0 radical (unpaired) electrons. The van der Waals surface area contributed by atoms with Crippen LogP contribution >= 0.6 is 0 Å². The quantitative estimate of drug-likeness (QED) is 0.867. The number of aromatic nitrogens is 1. The summed E-state index contributed by atoms with van der Waals surface area (Å²) in [6, 6.07) is 3.34. The lowest BCUT2D eigenvalue weighted by Gasteiger charge is -2.36. The molecule has 0 aliphatic carbocycles. The molecular formula is C16H20N2O3. The number of piperidine rings is 1. The Morgan fingerprint density at radius 2 is 1.95 bits per heavy atom. The summed E-state index contributed by atoms with van der Waals surface area (Å²) in [5.41, 5.74) is 1.37. The third-order valence-corrected chi connectivity index (χ3v) is 3.83. The Morgan fingerprint density at radius 1 is 1.29 bits per heavy atom. The first kappa shape index (κ1) is 15.2. The Bertz CT molecular complexity index is 551. The second-order valence-electron chi connectivity index (χ2n) is 6.10. The van der Waals surface area contributed by atoms with Crippen LogP contribution in [0.3, 0.4) is 0 Å². The van der Waals surface area contributed by atoms with E-state index in [1.807, 2.05) is 4.90 Å². The Kier molecular flexibility index (Phi) is 4.40. The van der Waals surface area contributed by atoms with Crippen molar-refractivity contribution in [3.63, 3.8) is 0 Å². The number of rotatable bonds is 3. The summed E-state index contributed by atoms with van der Waals surface area (Å²) in [6.07, 6.45) is 6.01. The van der Waals surface area contributed by atoms with E-state index in [4.69, 9.17) is 5.11 Å². The fourth-order valence-corrected chi connectivity index (χ4v) is 2.28.